The molecule has 1 aromatic heterocycles. The number of halogens is 1. The molecule has 0 bridgehead atoms. The van der Waals surface area contributed by atoms with Gasteiger partial charge in [-0.1, -0.05) is 0 Å². The summed E-state index contributed by atoms with van der Waals surface area (Å²) in [5.74, 6) is -1.36. The zero-order valence-electron chi connectivity index (χ0n) is 10.4. The molecule has 1 aliphatic rings. The number of nitrogens with zero attached hydrogens (tertiary/aromatic N) is 2. The second-order valence-corrected chi connectivity index (χ2v) is 6.32. The van der Waals surface area contributed by atoms with Gasteiger partial charge in [0.25, 0.3) is 17.4 Å². The molecule has 0 aliphatic carbocycles. The van der Waals surface area contributed by atoms with E-state index < -0.39 is 16.6 Å². The van der Waals surface area contributed by atoms with E-state index in [1.54, 1.807) is 0 Å². The van der Waals surface area contributed by atoms with Crippen LogP contribution in [0.15, 0.2) is 34.1 Å². The molecule has 8 heteroatoms. The number of carbonyl (C=O) groups excluding carboxylic acids is 2. The van der Waals surface area contributed by atoms with E-state index in [0.29, 0.717) is 5.69 Å². The Morgan fingerprint density at radius 2 is 2.05 bits per heavy atom. The van der Waals surface area contributed by atoms with E-state index in [1.165, 1.54) is 28.4 Å². The van der Waals surface area contributed by atoms with Crippen LogP contribution in [0.2, 0.25) is 0 Å². The van der Waals surface area contributed by atoms with Gasteiger partial charge in [-0.3, -0.25) is 24.6 Å². The number of nitro groups is 1. The third-order valence-corrected chi connectivity index (χ3v) is 4.78. The van der Waals surface area contributed by atoms with E-state index in [9.17, 15) is 19.7 Å². The molecular weight excluding hydrogens is 360 g/mol. The number of hydrogen-bond donors (Lipinski definition) is 0. The molecule has 2 aromatic rings. The molecule has 0 unspecified atom stereocenters. The Kier molecular flexibility index (Phi) is 3.34. The van der Waals surface area contributed by atoms with Crippen LogP contribution in [0, 0.1) is 10.1 Å². The van der Waals surface area contributed by atoms with Crippen LogP contribution in [-0.4, -0.2) is 16.6 Å². The number of hydrogen-bond acceptors (Lipinski definition) is 5. The van der Waals surface area contributed by atoms with Gasteiger partial charge in [0.1, 0.15) is 0 Å². The number of amides is 1. The van der Waals surface area contributed by atoms with Gasteiger partial charge in [-0.25, -0.2) is 0 Å². The van der Waals surface area contributed by atoms with Crippen LogP contribution in [-0.2, 0) is 11.3 Å². The fourth-order valence-corrected chi connectivity index (χ4v) is 3.59. The van der Waals surface area contributed by atoms with Crippen molar-refractivity contribution in [2.75, 3.05) is 4.90 Å². The summed E-state index contributed by atoms with van der Waals surface area (Å²) >= 11 is 4.79. The van der Waals surface area contributed by atoms with E-state index in [2.05, 4.69) is 15.9 Å². The molecule has 1 aliphatic heterocycles. The summed E-state index contributed by atoms with van der Waals surface area (Å²) in [6.07, 6.45) is 0. The van der Waals surface area contributed by atoms with Gasteiger partial charge in [-0.15, -0.1) is 11.3 Å². The maximum atomic E-state index is 12.1. The van der Waals surface area contributed by atoms with Crippen molar-refractivity contribution in [2.24, 2.45) is 0 Å². The smallest absolute Gasteiger partial charge is 0.299 e. The number of fused-ring (bicyclic) bond motifs is 1. The van der Waals surface area contributed by atoms with E-state index in [1.807, 2.05) is 11.4 Å². The van der Waals surface area contributed by atoms with Gasteiger partial charge >= 0.3 is 0 Å². The predicted octanol–water partition coefficient (Wildman–Crippen LogP) is 3.15. The molecular formula is C13H7BrN2O4S. The molecule has 0 radical (unpaired) electrons. The van der Waals surface area contributed by atoms with E-state index in [4.69, 9.17) is 0 Å². The quantitative estimate of drug-likeness (QED) is 0.474. The summed E-state index contributed by atoms with van der Waals surface area (Å²) < 4.78 is 0.907. The highest BCUT2D eigenvalue weighted by atomic mass is 79.9. The van der Waals surface area contributed by atoms with Crippen LogP contribution >= 0.6 is 27.3 Å². The summed E-state index contributed by atoms with van der Waals surface area (Å²) in [6.45, 7) is 0.269. The van der Waals surface area contributed by atoms with Crippen LogP contribution in [0.25, 0.3) is 0 Å². The number of benzene rings is 1. The van der Waals surface area contributed by atoms with Gasteiger partial charge < -0.3 is 0 Å². The first-order chi connectivity index (χ1) is 9.97. The van der Waals surface area contributed by atoms with Crippen LogP contribution in [0.4, 0.5) is 11.4 Å². The largest absolute Gasteiger partial charge is 0.300 e. The van der Waals surface area contributed by atoms with Crippen molar-refractivity contribution >= 4 is 50.3 Å². The van der Waals surface area contributed by atoms with Gasteiger partial charge in [0, 0.05) is 26.9 Å². The Morgan fingerprint density at radius 3 is 2.67 bits per heavy atom. The van der Waals surface area contributed by atoms with Gasteiger partial charge in [-0.2, -0.15) is 0 Å². The molecule has 6 nitrogen and oxygen atoms in total. The highest BCUT2D eigenvalue weighted by Gasteiger charge is 2.37. The maximum Gasteiger partial charge on any atom is 0.299 e. The highest BCUT2D eigenvalue weighted by Crippen LogP contribution is 2.34. The molecule has 0 fully saturated rings. The lowest BCUT2D eigenvalue weighted by Gasteiger charge is -2.14. The fraction of sp³-hybridized carbons (Fsp3) is 0.0769. The zero-order chi connectivity index (χ0) is 15.1. The minimum atomic E-state index is -0.704. The molecule has 1 aromatic carbocycles. The second kappa shape index (κ2) is 5.05. The molecule has 2 heterocycles. The van der Waals surface area contributed by atoms with E-state index in [-0.39, 0.29) is 17.8 Å². The standard InChI is InChI=1S/C13H7BrN2O4S/c14-7-3-9(21-6-7)5-15-11-2-1-8(16(19)20)4-10(11)12(17)13(15)18/h1-4,6H,5H2. The number of anilines is 1. The Bertz CT molecular complexity index is 786. The number of rotatable bonds is 3. The SMILES string of the molecule is O=C1C(=O)N(Cc2cc(Br)cs2)c2ccc([N+](=O)[O-])cc21. The van der Waals surface area contributed by atoms with Crippen LogP contribution in [0.5, 0.6) is 0 Å². The third kappa shape index (κ3) is 2.36. The summed E-state index contributed by atoms with van der Waals surface area (Å²) in [6, 6.07) is 5.76. The van der Waals surface area contributed by atoms with Gasteiger partial charge in [0.2, 0.25) is 0 Å². The van der Waals surface area contributed by atoms with Crippen molar-refractivity contribution in [1.29, 1.82) is 0 Å². The Morgan fingerprint density at radius 1 is 1.29 bits per heavy atom. The van der Waals surface area contributed by atoms with Crippen molar-refractivity contribution in [1.82, 2.24) is 0 Å². The maximum absolute atomic E-state index is 12.1. The van der Waals surface area contributed by atoms with Gasteiger partial charge in [-0.05, 0) is 28.1 Å². The fourth-order valence-electron chi connectivity index (χ4n) is 2.15. The molecule has 3 rings (SSSR count). The number of Topliss-reactive ketones (excluding diaryl/α,β-unsaturated/α-hetero) is 1. The van der Waals surface area contributed by atoms with Crippen LogP contribution in [0.1, 0.15) is 15.2 Å². The monoisotopic (exact) mass is 366 g/mol. The average Bonchev–Trinajstić information content (AvgIpc) is 2.96. The van der Waals surface area contributed by atoms with Crippen molar-refractivity contribution in [3.05, 3.63) is 54.7 Å². The van der Waals surface area contributed by atoms with Crippen molar-refractivity contribution < 1.29 is 14.5 Å². The van der Waals surface area contributed by atoms with Gasteiger partial charge in [0.05, 0.1) is 22.7 Å². The van der Waals surface area contributed by atoms with Crippen molar-refractivity contribution in [3.63, 3.8) is 0 Å². The summed E-state index contributed by atoms with van der Waals surface area (Å²) in [5.41, 5.74) is 0.306. The van der Waals surface area contributed by atoms with E-state index >= 15 is 0 Å². The summed E-state index contributed by atoms with van der Waals surface area (Å²) in [5, 5.41) is 12.6. The summed E-state index contributed by atoms with van der Waals surface area (Å²) in [4.78, 5) is 36.4. The molecule has 1 amide bonds. The number of ketones is 1. The summed E-state index contributed by atoms with van der Waals surface area (Å²) in [7, 11) is 0. The molecule has 0 spiro atoms. The normalized spacial score (nSPS) is 13.7. The second-order valence-electron chi connectivity index (χ2n) is 4.41. The molecule has 0 atom stereocenters. The lowest BCUT2D eigenvalue weighted by Crippen LogP contribution is -2.28. The third-order valence-electron chi connectivity index (χ3n) is 3.10. The van der Waals surface area contributed by atoms with Crippen LogP contribution in [0.3, 0.4) is 0 Å². The first-order valence-electron chi connectivity index (χ1n) is 5.85. The Balaban J connectivity index is 2.00. The van der Waals surface area contributed by atoms with E-state index in [0.717, 1.165) is 15.4 Å². The lowest BCUT2D eigenvalue weighted by molar-refractivity contribution is -0.384. The minimum absolute atomic E-state index is 0.0878. The number of nitro benzene ring substituents is 1. The van der Waals surface area contributed by atoms with Crippen molar-refractivity contribution in [3.8, 4) is 0 Å². The lowest BCUT2D eigenvalue weighted by atomic mass is 10.1. The molecule has 106 valence electrons. The van der Waals surface area contributed by atoms with Crippen LogP contribution < -0.4 is 4.90 Å². The highest BCUT2D eigenvalue weighted by molar-refractivity contribution is 9.10. The molecule has 0 saturated carbocycles. The van der Waals surface area contributed by atoms with Crippen molar-refractivity contribution in [2.45, 2.75) is 6.54 Å². The minimum Gasteiger partial charge on any atom is -0.300 e. The molecule has 21 heavy (non-hydrogen) atoms. The van der Waals surface area contributed by atoms with Gasteiger partial charge in [0.15, 0.2) is 0 Å². The first kappa shape index (κ1) is 13.9. The Labute approximate surface area is 131 Å². The number of thiophene rings is 1. The Hall–Kier alpha value is -2.06. The first-order valence-corrected chi connectivity index (χ1v) is 7.52. The number of non-ortho nitro benzene ring substituents is 1. The topological polar surface area (TPSA) is 80.5 Å². The molecule has 0 N–H and O–H groups in total. The molecule has 0 saturated heterocycles. The average molecular weight is 367 g/mol. The predicted molar refractivity (Wildman–Crippen MR) is 80.6 cm³/mol. The number of carbonyl (C=O) groups is 2. The zero-order valence-corrected chi connectivity index (χ0v) is 12.8.